The number of nitrogens with one attached hydrogen (secondary N) is 1. The Morgan fingerprint density at radius 1 is 1.07 bits per heavy atom. The van der Waals surface area contributed by atoms with Crippen LogP contribution in [0.25, 0.3) is 0 Å². The molecule has 0 aliphatic carbocycles. The molecule has 1 saturated heterocycles. The van der Waals surface area contributed by atoms with Crippen molar-refractivity contribution in [2.24, 2.45) is 5.41 Å². The van der Waals surface area contributed by atoms with Crippen molar-refractivity contribution in [1.29, 1.82) is 0 Å². The number of hydrogen-bond donors (Lipinski definition) is 5. The molecule has 1 aliphatic heterocycles. The number of benzene rings is 1. The van der Waals surface area contributed by atoms with Crippen LogP contribution in [0, 0.1) is 5.41 Å². The third kappa shape index (κ3) is 5.64. The zero-order valence-electron chi connectivity index (χ0n) is 15.3. The quantitative estimate of drug-likeness (QED) is 0.511. The summed E-state index contributed by atoms with van der Waals surface area (Å²) in [5, 5.41) is 40.5. The maximum Gasteiger partial charge on any atom is 0.414 e. The van der Waals surface area contributed by atoms with Crippen molar-refractivity contribution in [1.82, 2.24) is 0 Å². The molecule has 150 valence electrons. The predicted octanol–water partition coefficient (Wildman–Crippen LogP) is 0.716. The van der Waals surface area contributed by atoms with Crippen molar-refractivity contribution in [3.05, 3.63) is 29.8 Å². The summed E-state index contributed by atoms with van der Waals surface area (Å²) in [6.07, 6.45) is -9.21. The fourth-order valence-electron chi connectivity index (χ4n) is 2.72. The van der Waals surface area contributed by atoms with Crippen LogP contribution < -0.4 is 5.32 Å². The average Bonchev–Trinajstić information content (AvgIpc) is 2.55. The van der Waals surface area contributed by atoms with Gasteiger partial charge in [0.2, 0.25) is 6.29 Å². The number of hydrogen-bond acceptors (Lipinski definition) is 7. The van der Waals surface area contributed by atoms with Crippen molar-refractivity contribution >= 4 is 17.7 Å². The minimum atomic E-state index is -1.85. The van der Waals surface area contributed by atoms with Gasteiger partial charge in [0.1, 0.15) is 18.3 Å². The van der Waals surface area contributed by atoms with Crippen molar-refractivity contribution < 1.29 is 39.5 Å². The van der Waals surface area contributed by atoms with E-state index < -0.39 is 42.8 Å². The summed E-state index contributed by atoms with van der Waals surface area (Å²) in [6, 6.07) is 7.07. The summed E-state index contributed by atoms with van der Waals surface area (Å²) in [4.78, 5) is 23.0. The topological polar surface area (TPSA) is 146 Å². The number of carboxylic acid groups (broad SMARTS) is 1. The van der Waals surface area contributed by atoms with Crippen LogP contribution >= 0.6 is 0 Å². The van der Waals surface area contributed by atoms with Gasteiger partial charge in [-0.2, -0.15) is 0 Å². The van der Waals surface area contributed by atoms with E-state index in [-0.39, 0.29) is 5.41 Å². The summed E-state index contributed by atoms with van der Waals surface area (Å²) in [5.74, 6) is -1.56. The molecule has 0 aromatic heterocycles. The second-order valence-electron chi connectivity index (χ2n) is 7.70. The molecule has 5 unspecified atom stereocenters. The van der Waals surface area contributed by atoms with Crippen LogP contribution in [0.4, 0.5) is 10.5 Å². The molecule has 0 bridgehead atoms. The van der Waals surface area contributed by atoms with Gasteiger partial charge in [-0.05, 0) is 29.5 Å². The number of carboxylic acids is 1. The maximum atomic E-state index is 12.0. The van der Waals surface area contributed by atoms with Crippen molar-refractivity contribution in [2.75, 3.05) is 5.32 Å². The standard InChI is InChI=1S/C18H25NO8/c1-18(2,3)8-9-4-6-10(7-5-9)19-17(25)27-16-13(22)11(20)12(21)14(26-16)15(23)24/h4-7,11-14,16,20-22H,8H2,1-3H3,(H,19,25)(H,23,24). The van der Waals surface area contributed by atoms with E-state index in [1.54, 1.807) is 12.1 Å². The van der Waals surface area contributed by atoms with Crippen LogP contribution in [-0.4, -0.2) is 63.2 Å². The Labute approximate surface area is 156 Å². The molecular weight excluding hydrogens is 358 g/mol. The van der Waals surface area contributed by atoms with Gasteiger partial charge in [0, 0.05) is 5.69 Å². The molecule has 0 spiro atoms. The van der Waals surface area contributed by atoms with E-state index >= 15 is 0 Å². The second kappa shape index (κ2) is 8.22. The Hall–Kier alpha value is -2.20. The van der Waals surface area contributed by atoms with Crippen LogP contribution in [0.3, 0.4) is 0 Å². The van der Waals surface area contributed by atoms with E-state index in [1.807, 2.05) is 12.1 Å². The number of rotatable bonds is 4. The molecule has 1 aliphatic rings. The second-order valence-corrected chi connectivity index (χ2v) is 7.70. The highest BCUT2D eigenvalue weighted by atomic mass is 16.7. The van der Waals surface area contributed by atoms with Crippen molar-refractivity contribution in [2.45, 2.75) is 57.9 Å². The lowest BCUT2D eigenvalue weighted by molar-refractivity contribution is -0.277. The Bertz CT molecular complexity index is 669. The van der Waals surface area contributed by atoms with E-state index in [1.165, 1.54) is 0 Å². The molecule has 27 heavy (non-hydrogen) atoms. The van der Waals surface area contributed by atoms with Gasteiger partial charge in [0.05, 0.1) is 0 Å². The SMILES string of the molecule is CC(C)(C)Cc1ccc(NC(=O)OC2OC(C(=O)O)C(O)C(O)C2O)cc1. The van der Waals surface area contributed by atoms with E-state index in [4.69, 9.17) is 14.6 Å². The molecule has 9 heteroatoms. The molecule has 5 N–H and O–H groups in total. The molecule has 0 saturated carbocycles. The number of anilines is 1. The highest BCUT2D eigenvalue weighted by molar-refractivity contribution is 5.84. The fourth-order valence-corrected chi connectivity index (χ4v) is 2.72. The first-order valence-electron chi connectivity index (χ1n) is 8.47. The highest BCUT2D eigenvalue weighted by Crippen LogP contribution is 2.24. The number of aliphatic carboxylic acids is 1. The molecule has 1 aromatic carbocycles. The van der Waals surface area contributed by atoms with E-state index in [9.17, 15) is 24.9 Å². The minimum Gasteiger partial charge on any atom is -0.479 e. The molecule has 1 amide bonds. The molecule has 1 fully saturated rings. The fraction of sp³-hybridized carbons (Fsp3) is 0.556. The molecule has 1 heterocycles. The molecule has 0 radical (unpaired) electrons. The van der Waals surface area contributed by atoms with Gasteiger partial charge >= 0.3 is 12.1 Å². The average molecular weight is 383 g/mol. The first-order valence-corrected chi connectivity index (χ1v) is 8.47. The summed E-state index contributed by atoms with van der Waals surface area (Å²) in [5.41, 5.74) is 1.64. The Kier molecular flexibility index (Phi) is 6.42. The minimum absolute atomic E-state index is 0.119. The van der Waals surface area contributed by atoms with Crippen LogP contribution in [0.2, 0.25) is 0 Å². The molecule has 2 rings (SSSR count). The van der Waals surface area contributed by atoms with E-state index in [0.29, 0.717) is 5.69 Å². The summed E-state index contributed by atoms with van der Waals surface area (Å²) in [6.45, 7) is 6.34. The largest absolute Gasteiger partial charge is 0.479 e. The lowest BCUT2D eigenvalue weighted by atomic mass is 9.88. The number of ether oxygens (including phenoxy) is 2. The zero-order valence-corrected chi connectivity index (χ0v) is 15.3. The van der Waals surface area contributed by atoms with E-state index in [2.05, 4.69) is 26.1 Å². The normalized spacial score (nSPS) is 28.4. The van der Waals surface area contributed by atoms with Gasteiger partial charge in [-0.15, -0.1) is 0 Å². The molecule has 9 nitrogen and oxygen atoms in total. The van der Waals surface area contributed by atoms with Crippen molar-refractivity contribution in [3.63, 3.8) is 0 Å². The highest BCUT2D eigenvalue weighted by Gasteiger charge is 2.48. The summed E-state index contributed by atoms with van der Waals surface area (Å²) >= 11 is 0. The lowest BCUT2D eigenvalue weighted by Crippen LogP contribution is -2.60. The van der Waals surface area contributed by atoms with Crippen LogP contribution in [0.1, 0.15) is 26.3 Å². The summed E-state index contributed by atoms with van der Waals surface area (Å²) < 4.78 is 9.74. The first kappa shape index (κ1) is 21.1. The smallest absolute Gasteiger partial charge is 0.414 e. The molecule has 5 atom stereocenters. The van der Waals surface area contributed by atoms with Gasteiger partial charge in [0.25, 0.3) is 0 Å². The number of amides is 1. The maximum absolute atomic E-state index is 12.0. The molecular formula is C18H25NO8. The van der Waals surface area contributed by atoms with E-state index in [0.717, 1.165) is 12.0 Å². The third-order valence-electron chi connectivity index (χ3n) is 3.97. The zero-order chi connectivity index (χ0) is 20.4. The lowest BCUT2D eigenvalue weighted by Gasteiger charge is -2.37. The van der Waals surface area contributed by atoms with Gasteiger partial charge in [0.15, 0.2) is 6.10 Å². The number of aliphatic hydroxyl groups excluding tert-OH is 3. The first-order chi connectivity index (χ1) is 12.5. The monoisotopic (exact) mass is 383 g/mol. The number of carbonyl (C=O) groups excluding carboxylic acids is 1. The Balaban J connectivity index is 1.97. The van der Waals surface area contributed by atoms with Crippen LogP contribution in [-0.2, 0) is 20.7 Å². The summed E-state index contributed by atoms with van der Waals surface area (Å²) in [7, 11) is 0. The third-order valence-corrected chi connectivity index (χ3v) is 3.97. The molecule has 1 aromatic rings. The van der Waals surface area contributed by atoms with Gasteiger partial charge in [-0.25, -0.2) is 9.59 Å². The van der Waals surface area contributed by atoms with Crippen LogP contribution in [0.15, 0.2) is 24.3 Å². The Morgan fingerprint density at radius 3 is 2.19 bits per heavy atom. The van der Waals surface area contributed by atoms with Gasteiger partial charge in [-0.3, -0.25) is 5.32 Å². The van der Waals surface area contributed by atoms with Crippen molar-refractivity contribution in [3.8, 4) is 0 Å². The van der Waals surface area contributed by atoms with Crippen LogP contribution in [0.5, 0.6) is 0 Å². The van der Waals surface area contributed by atoms with Gasteiger partial charge in [-0.1, -0.05) is 32.9 Å². The number of aliphatic hydroxyl groups is 3. The predicted molar refractivity (Wildman–Crippen MR) is 94.0 cm³/mol. The number of carbonyl (C=O) groups is 2. The Morgan fingerprint density at radius 2 is 1.67 bits per heavy atom. The van der Waals surface area contributed by atoms with Gasteiger partial charge < -0.3 is 29.9 Å².